The minimum Gasteiger partial charge on any atom is -0.493 e. The Hall–Kier alpha value is -4.67. The number of aromatic nitrogens is 4. The van der Waals surface area contributed by atoms with Gasteiger partial charge >= 0.3 is 11.7 Å². The van der Waals surface area contributed by atoms with Crippen LogP contribution in [0.4, 0.5) is 0 Å². The number of carbonyl (C=O) groups excluding carboxylic acids is 1. The number of imidazole rings is 1. The second-order valence-electron chi connectivity index (χ2n) is 8.96. The van der Waals surface area contributed by atoms with Crippen molar-refractivity contribution in [1.82, 2.24) is 23.7 Å². The maximum absolute atomic E-state index is 12.7. The van der Waals surface area contributed by atoms with Gasteiger partial charge in [0.25, 0.3) is 5.56 Å². The maximum atomic E-state index is 12.7. The second-order valence-corrected chi connectivity index (χ2v) is 8.96. The number of fused-ring (bicyclic) bond motifs is 1. The fourth-order valence-corrected chi connectivity index (χ4v) is 4.48. The van der Waals surface area contributed by atoms with Crippen LogP contribution < -0.4 is 20.7 Å². The lowest BCUT2D eigenvalue weighted by molar-refractivity contribution is -0.119. The van der Waals surface area contributed by atoms with E-state index in [2.05, 4.69) is 10.1 Å². The zero-order chi connectivity index (χ0) is 26.4. The summed E-state index contributed by atoms with van der Waals surface area (Å²) in [5.74, 6) is 0.780. The van der Waals surface area contributed by atoms with Crippen LogP contribution in [0.15, 0.2) is 57.2 Å². The lowest BCUT2D eigenvalue weighted by Gasteiger charge is -2.19. The van der Waals surface area contributed by atoms with E-state index in [1.165, 1.54) is 28.3 Å². The number of carbonyl (C=O) groups is 1. The zero-order valence-electron chi connectivity index (χ0n) is 21.1. The van der Waals surface area contributed by atoms with Crippen LogP contribution in [0.5, 0.6) is 17.5 Å². The van der Waals surface area contributed by atoms with Gasteiger partial charge in [0.15, 0.2) is 22.7 Å². The third kappa shape index (κ3) is 3.98. The summed E-state index contributed by atoms with van der Waals surface area (Å²) >= 11 is 0. The molecular weight excluding hydrogens is 476 g/mol. The molecule has 0 saturated carbocycles. The van der Waals surface area contributed by atoms with Crippen molar-refractivity contribution >= 4 is 23.3 Å². The molecule has 0 N–H and O–H groups in total. The third-order valence-electron chi connectivity index (χ3n) is 6.64. The molecule has 37 heavy (non-hydrogen) atoms. The van der Waals surface area contributed by atoms with Crippen LogP contribution in [0.2, 0.25) is 0 Å². The molecular formula is C26H26N6O5. The number of nitrogens with zero attached hydrogens (tertiary/aromatic N) is 6. The SMILES string of the molecule is COc1cc(C2CC(c3ccc(C)cc3)=NN2C=O)ccc1Oc1nc2c(c(=O)n(C)c(=O)n2C)n1C. The highest BCUT2D eigenvalue weighted by Crippen LogP contribution is 2.38. The fraction of sp³-hybridized carbons (Fsp3) is 0.269. The average Bonchev–Trinajstić information content (AvgIpc) is 3.48. The van der Waals surface area contributed by atoms with Crippen molar-refractivity contribution in [3.8, 4) is 17.5 Å². The summed E-state index contributed by atoms with van der Waals surface area (Å²) < 4.78 is 15.4. The summed E-state index contributed by atoms with van der Waals surface area (Å²) in [5, 5.41) is 5.92. The minimum atomic E-state index is -0.479. The van der Waals surface area contributed by atoms with E-state index < -0.39 is 11.2 Å². The van der Waals surface area contributed by atoms with Crippen molar-refractivity contribution in [2.75, 3.05) is 7.11 Å². The predicted molar refractivity (Wildman–Crippen MR) is 137 cm³/mol. The van der Waals surface area contributed by atoms with E-state index in [0.29, 0.717) is 24.3 Å². The Bertz CT molecular complexity index is 1680. The highest BCUT2D eigenvalue weighted by Gasteiger charge is 2.29. The van der Waals surface area contributed by atoms with Crippen molar-refractivity contribution in [3.63, 3.8) is 0 Å². The molecule has 1 aliphatic rings. The summed E-state index contributed by atoms with van der Waals surface area (Å²) in [5.41, 5.74) is 3.27. The maximum Gasteiger partial charge on any atom is 0.332 e. The first-order valence-electron chi connectivity index (χ1n) is 11.6. The van der Waals surface area contributed by atoms with Crippen molar-refractivity contribution in [3.05, 3.63) is 80.0 Å². The number of rotatable bonds is 6. The highest BCUT2D eigenvalue weighted by molar-refractivity contribution is 6.02. The Balaban J connectivity index is 1.47. The van der Waals surface area contributed by atoms with Gasteiger partial charge in [-0.15, -0.1) is 0 Å². The molecule has 3 heterocycles. The van der Waals surface area contributed by atoms with Crippen LogP contribution in [0, 0.1) is 6.92 Å². The molecule has 1 aliphatic heterocycles. The number of hydrogen-bond acceptors (Lipinski definition) is 7. The molecule has 11 nitrogen and oxygen atoms in total. The topological polar surface area (TPSA) is 113 Å². The average molecular weight is 503 g/mol. The summed E-state index contributed by atoms with van der Waals surface area (Å²) in [4.78, 5) is 41.2. The number of ether oxygens (including phenoxy) is 2. The lowest BCUT2D eigenvalue weighted by Crippen LogP contribution is -2.37. The second kappa shape index (κ2) is 9.08. The standard InChI is InChI=1S/C26H26N6O5/c1-15-6-8-16(9-7-15)18-13-19(32(14-33)28-18)17-10-11-20(21(12-17)36-5)37-25-27-23-22(29(25)2)24(34)31(4)26(35)30(23)3/h6-12,14,19H,13H2,1-5H3. The monoisotopic (exact) mass is 502 g/mol. The van der Waals surface area contributed by atoms with Crippen LogP contribution in [0.25, 0.3) is 11.2 Å². The number of aryl methyl sites for hydroxylation is 3. The van der Waals surface area contributed by atoms with E-state index in [1.807, 2.05) is 37.3 Å². The Morgan fingerprint density at radius 1 is 0.973 bits per heavy atom. The summed E-state index contributed by atoms with van der Waals surface area (Å²) in [6, 6.07) is 13.2. The van der Waals surface area contributed by atoms with Gasteiger partial charge in [0.05, 0.1) is 18.9 Å². The van der Waals surface area contributed by atoms with Crippen LogP contribution in [-0.2, 0) is 25.9 Å². The molecule has 0 radical (unpaired) electrons. The Labute approximate surface area is 211 Å². The van der Waals surface area contributed by atoms with Crippen LogP contribution in [0.1, 0.15) is 29.2 Å². The van der Waals surface area contributed by atoms with Gasteiger partial charge in [-0.05, 0) is 30.2 Å². The van der Waals surface area contributed by atoms with Crippen molar-refractivity contribution in [1.29, 1.82) is 0 Å². The Morgan fingerprint density at radius 2 is 1.70 bits per heavy atom. The minimum absolute atomic E-state index is 0.125. The van der Waals surface area contributed by atoms with Crippen LogP contribution in [0.3, 0.4) is 0 Å². The van der Waals surface area contributed by atoms with Gasteiger partial charge in [0, 0.05) is 27.6 Å². The molecule has 2 aromatic carbocycles. The van der Waals surface area contributed by atoms with Crippen molar-refractivity contribution < 1.29 is 14.3 Å². The molecule has 190 valence electrons. The molecule has 0 spiro atoms. The fourth-order valence-electron chi connectivity index (χ4n) is 4.48. The van der Waals surface area contributed by atoms with E-state index in [1.54, 1.807) is 26.2 Å². The molecule has 1 unspecified atom stereocenters. The number of hydrazone groups is 1. The van der Waals surface area contributed by atoms with Gasteiger partial charge in [-0.25, -0.2) is 9.80 Å². The smallest absolute Gasteiger partial charge is 0.332 e. The molecule has 0 fully saturated rings. The first-order chi connectivity index (χ1) is 17.7. The number of amides is 1. The number of benzene rings is 2. The quantitative estimate of drug-likeness (QED) is 0.374. The van der Waals surface area contributed by atoms with Crippen molar-refractivity contribution in [2.45, 2.75) is 19.4 Å². The van der Waals surface area contributed by atoms with Gasteiger partial charge < -0.3 is 9.47 Å². The Kier molecular flexibility index (Phi) is 5.90. The van der Waals surface area contributed by atoms with E-state index in [4.69, 9.17) is 9.47 Å². The predicted octanol–water partition coefficient (Wildman–Crippen LogP) is 2.39. The first kappa shape index (κ1) is 24.0. The van der Waals surface area contributed by atoms with E-state index in [9.17, 15) is 14.4 Å². The molecule has 0 bridgehead atoms. The molecule has 5 rings (SSSR count). The molecule has 4 aromatic rings. The molecule has 1 amide bonds. The van der Waals surface area contributed by atoms with Crippen LogP contribution in [-0.4, -0.2) is 42.9 Å². The summed E-state index contributed by atoms with van der Waals surface area (Å²) in [6.07, 6.45) is 1.26. The van der Waals surface area contributed by atoms with Gasteiger partial charge in [0.2, 0.25) is 6.41 Å². The van der Waals surface area contributed by atoms with E-state index >= 15 is 0 Å². The van der Waals surface area contributed by atoms with Gasteiger partial charge in [-0.3, -0.25) is 23.3 Å². The molecule has 11 heteroatoms. The van der Waals surface area contributed by atoms with Crippen molar-refractivity contribution in [2.24, 2.45) is 26.2 Å². The van der Waals surface area contributed by atoms with E-state index in [-0.39, 0.29) is 23.2 Å². The van der Waals surface area contributed by atoms with Crippen LogP contribution >= 0.6 is 0 Å². The van der Waals surface area contributed by atoms with Gasteiger partial charge in [0.1, 0.15) is 0 Å². The third-order valence-corrected chi connectivity index (χ3v) is 6.64. The molecule has 0 aliphatic carbocycles. The van der Waals surface area contributed by atoms with Gasteiger partial charge in [-0.2, -0.15) is 10.1 Å². The highest BCUT2D eigenvalue weighted by atomic mass is 16.5. The lowest BCUT2D eigenvalue weighted by atomic mass is 9.98. The number of hydrogen-bond donors (Lipinski definition) is 0. The largest absolute Gasteiger partial charge is 0.493 e. The first-order valence-corrected chi connectivity index (χ1v) is 11.6. The zero-order valence-corrected chi connectivity index (χ0v) is 21.1. The number of methoxy groups -OCH3 is 1. The normalized spacial score (nSPS) is 15.2. The molecule has 2 aromatic heterocycles. The van der Waals surface area contributed by atoms with Gasteiger partial charge in [-0.1, -0.05) is 35.9 Å². The molecule has 1 atom stereocenters. The Morgan fingerprint density at radius 3 is 2.38 bits per heavy atom. The summed E-state index contributed by atoms with van der Waals surface area (Å²) in [6.45, 7) is 2.02. The summed E-state index contributed by atoms with van der Waals surface area (Å²) in [7, 11) is 6.12. The van der Waals surface area contributed by atoms with E-state index in [0.717, 1.165) is 27.0 Å². The molecule has 0 saturated heterocycles.